The molecule has 5 heteroatoms. The molecule has 1 aliphatic heterocycles. The average Bonchev–Trinajstić information content (AvgIpc) is 2.68. The Balaban J connectivity index is 1.55. The number of rotatable bonds is 3. The van der Waals surface area contributed by atoms with Gasteiger partial charge >= 0.3 is 0 Å². The Morgan fingerprint density at radius 2 is 1.65 bits per heavy atom. The van der Waals surface area contributed by atoms with E-state index in [2.05, 4.69) is 57.9 Å². The van der Waals surface area contributed by atoms with Crippen LogP contribution in [0.2, 0.25) is 0 Å². The summed E-state index contributed by atoms with van der Waals surface area (Å²) in [6.45, 7) is 8.87. The molecule has 5 nitrogen and oxygen atoms in total. The van der Waals surface area contributed by atoms with Crippen LogP contribution in [0.15, 0.2) is 53.6 Å². The molecule has 26 heavy (non-hydrogen) atoms. The minimum atomic E-state index is -0.100. The second-order valence-electron chi connectivity index (χ2n) is 7.13. The highest BCUT2D eigenvalue weighted by molar-refractivity contribution is 5.83. The van der Waals surface area contributed by atoms with Crippen LogP contribution in [0.1, 0.15) is 13.8 Å². The van der Waals surface area contributed by atoms with Crippen molar-refractivity contribution in [2.75, 3.05) is 31.1 Å². The highest BCUT2D eigenvalue weighted by atomic mass is 16.1. The molecule has 0 amide bonds. The Labute approximate surface area is 153 Å². The van der Waals surface area contributed by atoms with Crippen molar-refractivity contribution in [2.45, 2.75) is 19.9 Å². The molecule has 2 heterocycles. The third-order valence-corrected chi connectivity index (χ3v) is 5.25. The van der Waals surface area contributed by atoms with Gasteiger partial charge in [0.2, 0.25) is 0 Å². The highest BCUT2D eigenvalue weighted by Gasteiger charge is 2.18. The number of benzene rings is 2. The summed E-state index contributed by atoms with van der Waals surface area (Å²) in [6, 6.07) is 15.1. The van der Waals surface area contributed by atoms with Crippen LogP contribution in [0.4, 0.5) is 5.69 Å². The zero-order valence-corrected chi connectivity index (χ0v) is 15.3. The zero-order chi connectivity index (χ0) is 18.1. The average molecular weight is 348 g/mol. The van der Waals surface area contributed by atoms with Gasteiger partial charge in [0.25, 0.3) is 5.56 Å². The first-order valence-corrected chi connectivity index (χ1v) is 9.19. The van der Waals surface area contributed by atoms with Gasteiger partial charge in [-0.1, -0.05) is 18.2 Å². The van der Waals surface area contributed by atoms with Crippen molar-refractivity contribution < 1.29 is 0 Å². The molecule has 0 radical (unpaired) electrons. The number of piperazine rings is 1. The Kier molecular flexibility index (Phi) is 4.47. The normalized spacial score (nSPS) is 15.7. The predicted octanol–water partition coefficient (Wildman–Crippen LogP) is 3.12. The molecule has 0 spiro atoms. The van der Waals surface area contributed by atoms with Crippen molar-refractivity contribution in [3.8, 4) is 11.1 Å². The molecule has 2 aromatic carbocycles. The molecular weight excluding hydrogens is 324 g/mol. The van der Waals surface area contributed by atoms with Crippen LogP contribution in [0.25, 0.3) is 22.0 Å². The fourth-order valence-electron chi connectivity index (χ4n) is 3.61. The van der Waals surface area contributed by atoms with Gasteiger partial charge in [0.15, 0.2) is 0 Å². The van der Waals surface area contributed by atoms with Gasteiger partial charge in [-0.05, 0) is 49.2 Å². The third kappa shape index (κ3) is 3.22. The van der Waals surface area contributed by atoms with Crippen LogP contribution in [-0.4, -0.2) is 47.1 Å². The number of nitrogens with zero attached hydrogens (tertiary/aromatic N) is 3. The van der Waals surface area contributed by atoms with Crippen LogP contribution < -0.4 is 10.5 Å². The number of hydrogen-bond acceptors (Lipinski definition) is 4. The summed E-state index contributed by atoms with van der Waals surface area (Å²) >= 11 is 0. The lowest BCUT2D eigenvalue weighted by Gasteiger charge is -2.38. The van der Waals surface area contributed by atoms with Gasteiger partial charge in [-0.25, -0.2) is 4.98 Å². The molecule has 0 aliphatic carbocycles. The Morgan fingerprint density at radius 3 is 2.35 bits per heavy atom. The maximum Gasteiger partial charge on any atom is 0.258 e. The fraction of sp³-hybridized carbons (Fsp3) is 0.333. The van der Waals surface area contributed by atoms with Crippen molar-refractivity contribution in [1.82, 2.24) is 14.9 Å². The first-order chi connectivity index (χ1) is 12.6. The smallest absolute Gasteiger partial charge is 0.258 e. The Hall–Kier alpha value is -2.66. The van der Waals surface area contributed by atoms with Crippen molar-refractivity contribution in [3.05, 3.63) is 59.1 Å². The molecule has 3 aromatic rings. The molecular formula is C21H24N4O. The van der Waals surface area contributed by atoms with E-state index in [1.54, 1.807) is 0 Å². The minimum absolute atomic E-state index is 0.100. The Morgan fingerprint density at radius 1 is 0.962 bits per heavy atom. The molecule has 134 valence electrons. The summed E-state index contributed by atoms with van der Waals surface area (Å²) in [6.07, 6.45) is 1.44. The summed E-state index contributed by atoms with van der Waals surface area (Å²) in [5.74, 6) is 0. The summed E-state index contributed by atoms with van der Waals surface area (Å²) in [5.41, 5.74) is 4.03. The van der Waals surface area contributed by atoms with Gasteiger partial charge in [-0.15, -0.1) is 0 Å². The van der Waals surface area contributed by atoms with E-state index < -0.39 is 0 Å². The van der Waals surface area contributed by atoms with E-state index >= 15 is 0 Å². The number of nitrogens with one attached hydrogen (secondary N) is 1. The second-order valence-corrected chi connectivity index (χ2v) is 7.13. The molecule has 4 rings (SSSR count). The monoisotopic (exact) mass is 348 g/mol. The summed E-state index contributed by atoms with van der Waals surface area (Å²) in [7, 11) is 0. The fourth-order valence-corrected chi connectivity index (χ4v) is 3.61. The maximum atomic E-state index is 12.0. The number of anilines is 1. The lowest BCUT2D eigenvalue weighted by Crippen LogP contribution is -2.48. The molecule has 1 fully saturated rings. The first kappa shape index (κ1) is 16.8. The van der Waals surface area contributed by atoms with Crippen LogP contribution in [0, 0.1) is 0 Å². The molecule has 0 unspecified atom stereocenters. The lowest BCUT2D eigenvalue weighted by atomic mass is 10.0. The van der Waals surface area contributed by atoms with E-state index in [1.807, 2.05) is 18.2 Å². The van der Waals surface area contributed by atoms with Gasteiger partial charge in [-0.2, -0.15) is 0 Å². The quantitative estimate of drug-likeness (QED) is 0.790. The number of H-pyrrole nitrogens is 1. The zero-order valence-electron chi connectivity index (χ0n) is 15.3. The van der Waals surface area contributed by atoms with E-state index in [0.717, 1.165) is 42.8 Å². The molecule has 1 saturated heterocycles. The SMILES string of the molecule is CC(C)N1CCN(c2ccc(-c3ccc4nc[nH]c(=O)c4c3)cc2)CC1. The molecule has 0 saturated carbocycles. The number of fused-ring (bicyclic) bond motifs is 1. The van der Waals surface area contributed by atoms with E-state index in [-0.39, 0.29) is 5.56 Å². The minimum Gasteiger partial charge on any atom is -0.369 e. The third-order valence-electron chi connectivity index (χ3n) is 5.25. The van der Waals surface area contributed by atoms with Gasteiger partial charge in [0.1, 0.15) is 0 Å². The standard InChI is InChI=1S/C21H24N4O/c1-15(2)24-9-11-25(12-10-24)18-6-3-16(4-7-18)17-5-8-20-19(13-17)21(26)23-14-22-20/h3-8,13-15H,9-12H2,1-2H3,(H,22,23,26). The summed E-state index contributed by atoms with van der Waals surface area (Å²) in [4.78, 5) is 23.8. The number of aromatic amines is 1. The predicted molar refractivity (Wildman–Crippen MR) is 107 cm³/mol. The molecule has 1 aromatic heterocycles. The first-order valence-electron chi connectivity index (χ1n) is 9.19. The van der Waals surface area contributed by atoms with E-state index in [0.29, 0.717) is 11.4 Å². The van der Waals surface area contributed by atoms with Gasteiger partial charge < -0.3 is 9.88 Å². The molecule has 1 aliphatic rings. The van der Waals surface area contributed by atoms with E-state index in [1.165, 1.54) is 12.0 Å². The number of aromatic nitrogens is 2. The van der Waals surface area contributed by atoms with Crippen LogP contribution >= 0.6 is 0 Å². The summed E-state index contributed by atoms with van der Waals surface area (Å²) < 4.78 is 0. The molecule has 0 bridgehead atoms. The molecule has 1 N–H and O–H groups in total. The highest BCUT2D eigenvalue weighted by Crippen LogP contribution is 2.25. The van der Waals surface area contributed by atoms with Gasteiger partial charge in [0, 0.05) is 37.9 Å². The topological polar surface area (TPSA) is 52.2 Å². The van der Waals surface area contributed by atoms with Gasteiger partial charge in [0.05, 0.1) is 17.2 Å². The molecule has 0 atom stereocenters. The number of hydrogen-bond donors (Lipinski definition) is 1. The van der Waals surface area contributed by atoms with Crippen LogP contribution in [0.5, 0.6) is 0 Å². The largest absolute Gasteiger partial charge is 0.369 e. The van der Waals surface area contributed by atoms with Crippen molar-refractivity contribution >= 4 is 16.6 Å². The van der Waals surface area contributed by atoms with Crippen molar-refractivity contribution in [3.63, 3.8) is 0 Å². The second kappa shape index (κ2) is 6.92. The van der Waals surface area contributed by atoms with Crippen LogP contribution in [0.3, 0.4) is 0 Å². The lowest BCUT2D eigenvalue weighted by molar-refractivity contribution is 0.209. The van der Waals surface area contributed by atoms with E-state index in [9.17, 15) is 4.79 Å². The van der Waals surface area contributed by atoms with E-state index in [4.69, 9.17) is 0 Å². The van der Waals surface area contributed by atoms with Crippen LogP contribution in [-0.2, 0) is 0 Å². The van der Waals surface area contributed by atoms with Crippen molar-refractivity contribution in [1.29, 1.82) is 0 Å². The Bertz CT molecular complexity index is 954. The van der Waals surface area contributed by atoms with Crippen molar-refractivity contribution in [2.24, 2.45) is 0 Å². The van der Waals surface area contributed by atoms with Gasteiger partial charge in [-0.3, -0.25) is 9.69 Å². The summed E-state index contributed by atoms with van der Waals surface area (Å²) in [5, 5.41) is 0.624. The maximum absolute atomic E-state index is 12.0.